The number of rotatable bonds is 3. The number of nitrogens with one attached hydrogen (secondary N) is 1. The number of thiocarbonyl (C=S) groups is 1. The second-order valence-corrected chi connectivity index (χ2v) is 7.53. The van der Waals surface area contributed by atoms with E-state index < -0.39 is 11.8 Å². The number of benzene rings is 2. The minimum absolute atomic E-state index is 0.0183. The van der Waals surface area contributed by atoms with Crippen molar-refractivity contribution in [2.24, 2.45) is 0 Å². The number of furan rings is 1. The Labute approximate surface area is 188 Å². The first-order valence-corrected chi connectivity index (χ1v) is 9.94. The molecule has 0 spiro atoms. The lowest BCUT2D eigenvalue weighted by molar-refractivity contribution is -0.122. The third-order valence-electron chi connectivity index (χ3n) is 4.79. The van der Waals surface area contributed by atoms with Crippen molar-refractivity contribution in [1.29, 1.82) is 5.26 Å². The molecule has 0 unspecified atom stereocenters. The van der Waals surface area contributed by atoms with Gasteiger partial charge < -0.3 is 4.42 Å². The number of nitrogens with zero attached hydrogens (tertiary/aromatic N) is 2. The van der Waals surface area contributed by atoms with E-state index in [9.17, 15) is 9.59 Å². The van der Waals surface area contributed by atoms with Crippen molar-refractivity contribution >= 4 is 52.5 Å². The van der Waals surface area contributed by atoms with E-state index >= 15 is 0 Å². The van der Waals surface area contributed by atoms with E-state index in [0.717, 1.165) is 5.56 Å². The molecule has 6 nitrogen and oxygen atoms in total. The average Bonchev–Trinajstić information content (AvgIpc) is 3.23. The first kappa shape index (κ1) is 20.5. The molecule has 1 aromatic heterocycles. The van der Waals surface area contributed by atoms with Crippen LogP contribution in [0.3, 0.4) is 0 Å². The van der Waals surface area contributed by atoms with Gasteiger partial charge in [-0.1, -0.05) is 17.7 Å². The molecule has 4 rings (SSSR count). The second-order valence-electron chi connectivity index (χ2n) is 6.73. The number of hydrogen-bond acceptors (Lipinski definition) is 5. The zero-order valence-electron chi connectivity index (χ0n) is 16.2. The lowest BCUT2D eigenvalue weighted by atomic mass is 10.1. The molecule has 0 atom stereocenters. The van der Waals surface area contributed by atoms with Gasteiger partial charge in [-0.2, -0.15) is 5.26 Å². The van der Waals surface area contributed by atoms with Crippen molar-refractivity contribution in [2.45, 2.75) is 6.92 Å². The molecule has 0 radical (unpaired) electrons. The minimum atomic E-state index is -0.609. The van der Waals surface area contributed by atoms with Gasteiger partial charge in [-0.15, -0.1) is 0 Å². The van der Waals surface area contributed by atoms with Crippen molar-refractivity contribution < 1.29 is 14.0 Å². The van der Waals surface area contributed by atoms with Gasteiger partial charge in [0.05, 0.1) is 17.3 Å². The number of halogens is 1. The van der Waals surface area contributed by atoms with Gasteiger partial charge >= 0.3 is 0 Å². The van der Waals surface area contributed by atoms with Crippen molar-refractivity contribution in [3.8, 4) is 17.4 Å². The number of nitriles is 1. The van der Waals surface area contributed by atoms with Gasteiger partial charge in [-0.05, 0) is 79.3 Å². The van der Waals surface area contributed by atoms with Crippen molar-refractivity contribution in [1.82, 2.24) is 5.32 Å². The van der Waals surface area contributed by atoms with Crippen molar-refractivity contribution in [3.05, 3.63) is 82.1 Å². The van der Waals surface area contributed by atoms with Crippen LogP contribution < -0.4 is 10.2 Å². The highest BCUT2D eigenvalue weighted by Crippen LogP contribution is 2.30. The predicted molar refractivity (Wildman–Crippen MR) is 121 cm³/mol. The Kier molecular flexibility index (Phi) is 5.42. The Morgan fingerprint density at radius 3 is 2.58 bits per heavy atom. The molecular formula is C23H14ClN3O3S. The van der Waals surface area contributed by atoms with E-state index in [4.69, 9.17) is 33.5 Å². The van der Waals surface area contributed by atoms with Gasteiger partial charge in [0.2, 0.25) is 0 Å². The summed E-state index contributed by atoms with van der Waals surface area (Å²) in [5, 5.41) is 11.9. The van der Waals surface area contributed by atoms with Crippen LogP contribution in [0.2, 0.25) is 5.02 Å². The predicted octanol–water partition coefficient (Wildman–Crippen LogP) is 4.61. The molecule has 1 N–H and O–H groups in total. The number of carbonyl (C=O) groups is 2. The summed E-state index contributed by atoms with van der Waals surface area (Å²) in [5.41, 5.74) is 2.34. The Bertz CT molecular complexity index is 1300. The van der Waals surface area contributed by atoms with Gasteiger partial charge in [0.1, 0.15) is 17.1 Å². The number of anilines is 1. The van der Waals surface area contributed by atoms with Crippen LogP contribution in [0.25, 0.3) is 17.4 Å². The molecule has 1 fully saturated rings. The SMILES string of the molecule is Cc1c(Cl)cccc1N1C(=O)/C(=C/c2ccc(-c3ccc(C#N)cc3)o2)C(=O)NC1=S. The summed E-state index contributed by atoms with van der Waals surface area (Å²) in [7, 11) is 0. The number of hydrogen-bond donors (Lipinski definition) is 1. The van der Waals surface area contributed by atoms with Crippen LogP contribution in [0.4, 0.5) is 5.69 Å². The zero-order valence-corrected chi connectivity index (χ0v) is 17.8. The molecular weight excluding hydrogens is 434 g/mol. The Hall–Kier alpha value is -3.73. The molecule has 1 aliphatic rings. The third-order valence-corrected chi connectivity index (χ3v) is 5.49. The maximum Gasteiger partial charge on any atom is 0.270 e. The van der Waals surface area contributed by atoms with Crippen LogP contribution >= 0.6 is 23.8 Å². The van der Waals surface area contributed by atoms with Gasteiger partial charge in [0.15, 0.2) is 5.11 Å². The van der Waals surface area contributed by atoms with E-state index in [1.54, 1.807) is 61.5 Å². The van der Waals surface area contributed by atoms with E-state index in [-0.39, 0.29) is 10.7 Å². The summed E-state index contributed by atoms with van der Waals surface area (Å²) in [6.45, 7) is 1.77. The summed E-state index contributed by atoms with van der Waals surface area (Å²) in [6.07, 6.45) is 1.37. The monoisotopic (exact) mass is 447 g/mol. The number of carbonyl (C=O) groups excluding carboxylic acids is 2. The van der Waals surface area contributed by atoms with E-state index in [1.807, 2.05) is 0 Å². The Morgan fingerprint density at radius 1 is 1.13 bits per heavy atom. The lowest BCUT2D eigenvalue weighted by Crippen LogP contribution is -2.54. The van der Waals surface area contributed by atoms with Crippen molar-refractivity contribution in [2.75, 3.05) is 4.90 Å². The molecule has 1 saturated heterocycles. The van der Waals surface area contributed by atoms with Crippen LogP contribution in [-0.4, -0.2) is 16.9 Å². The Balaban J connectivity index is 1.68. The van der Waals surface area contributed by atoms with Crippen LogP contribution in [0.1, 0.15) is 16.9 Å². The highest BCUT2D eigenvalue weighted by Gasteiger charge is 2.35. The normalized spacial score (nSPS) is 15.2. The van der Waals surface area contributed by atoms with E-state index in [0.29, 0.717) is 33.4 Å². The molecule has 0 saturated carbocycles. The van der Waals surface area contributed by atoms with Crippen LogP contribution in [0, 0.1) is 18.3 Å². The van der Waals surface area contributed by atoms with Gasteiger partial charge in [-0.3, -0.25) is 19.8 Å². The summed E-state index contributed by atoms with van der Waals surface area (Å²) < 4.78 is 5.79. The molecule has 2 heterocycles. The maximum atomic E-state index is 13.2. The summed E-state index contributed by atoms with van der Waals surface area (Å²) in [4.78, 5) is 26.9. The van der Waals surface area contributed by atoms with Crippen LogP contribution in [-0.2, 0) is 9.59 Å². The molecule has 8 heteroatoms. The topological polar surface area (TPSA) is 86.3 Å². The molecule has 152 valence electrons. The lowest BCUT2D eigenvalue weighted by Gasteiger charge is -2.30. The quantitative estimate of drug-likeness (QED) is 0.360. The highest BCUT2D eigenvalue weighted by molar-refractivity contribution is 7.80. The fourth-order valence-corrected chi connectivity index (χ4v) is 3.59. The molecule has 31 heavy (non-hydrogen) atoms. The van der Waals surface area contributed by atoms with Crippen molar-refractivity contribution in [3.63, 3.8) is 0 Å². The fourth-order valence-electron chi connectivity index (χ4n) is 3.15. The second kappa shape index (κ2) is 8.19. The number of amides is 2. The first-order chi connectivity index (χ1) is 14.9. The summed E-state index contributed by atoms with van der Waals surface area (Å²) >= 11 is 11.4. The summed E-state index contributed by atoms with van der Waals surface area (Å²) in [6, 6.07) is 17.4. The molecule has 0 bridgehead atoms. The van der Waals surface area contributed by atoms with Crippen LogP contribution in [0.5, 0.6) is 0 Å². The molecule has 0 aliphatic carbocycles. The first-order valence-electron chi connectivity index (χ1n) is 9.16. The fraction of sp³-hybridized carbons (Fsp3) is 0.0435. The smallest absolute Gasteiger partial charge is 0.270 e. The molecule has 1 aliphatic heterocycles. The van der Waals surface area contributed by atoms with E-state index in [1.165, 1.54) is 11.0 Å². The maximum absolute atomic E-state index is 13.2. The zero-order chi connectivity index (χ0) is 22.1. The minimum Gasteiger partial charge on any atom is -0.457 e. The van der Waals surface area contributed by atoms with Crippen LogP contribution in [0.15, 0.2) is 64.6 Å². The largest absolute Gasteiger partial charge is 0.457 e. The highest BCUT2D eigenvalue weighted by atomic mass is 35.5. The standard InChI is InChI=1S/C23H14ClN3O3S/c1-13-18(24)3-2-4-19(13)27-22(29)17(21(28)26-23(27)31)11-16-9-10-20(30-16)15-7-5-14(12-25)6-8-15/h2-11H,1H3,(H,26,28,31)/b17-11+. The molecule has 2 aromatic carbocycles. The van der Waals surface area contributed by atoms with Gasteiger partial charge in [-0.25, -0.2) is 0 Å². The third kappa shape index (κ3) is 3.87. The van der Waals surface area contributed by atoms with Gasteiger partial charge in [0, 0.05) is 10.6 Å². The van der Waals surface area contributed by atoms with Gasteiger partial charge in [0.25, 0.3) is 11.8 Å². The molecule has 3 aromatic rings. The van der Waals surface area contributed by atoms with E-state index in [2.05, 4.69) is 11.4 Å². The Morgan fingerprint density at radius 2 is 1.87 bits per heavy atom. The summed E-state index contributed by atoms with van der Waals surface area (Å²) in [5.74, 6) is -0.316. The average molecular weight is 448 g/mol. The molecule has 2 amide bonds.